The molecule has 0 aliphatic carbocycles. The maximum Gasteiger partial charge on any atom is 0.123 e. The van der Waals surface area contributed by atoms with Gasteiger partial charge >= 0.3 is 0 Å². The lowest BCUT2D eigenvalue weighted by Crippen LogP contribution is -2.08. The van der Waals surface area contributed by atoms with Gasteiger partial charge in [0.15, 0.2) is 0 Å². The molecule has 0 radical (unpaired) electrons. The summed E-state index contributed by atoms with van der Waals surface area (Å²) in [6, 6.07) is 6.16. The van der Waals surface area contributed by atoms with E-state index in [1.165, 1.54) is 12.1 Å². The monoisotopic (exact) mass is 165 g/mol. The van der Waals surface area contributed by atoms with E-state index < -0.39 is 0 Å². The Morgan fingerprint density at radius 1 is 1.42 bits per heavy atom. The van der Waals surface area contributed by atoms with E-state index in [-0.39, 0.29) is 11.9 Å². The summed E-state index contributed by atoms with van der Waals surface area (Å²) in [7, 11) is 0. The van der Waals surface area contributed by atoms with E-state index in [0.717, 1.165) is 5.56 Å². The van der Waals surface area contributed by atoms with E-state index >= 15 is 0 Å². The third kappa shape index (κ3) is 2.17. The molecule has 0 heterocycles. The first-order valence-corrected chi connectivity index (χ1v) is 3.86. The van der Waals surface area contributed by atoms with Gasteiger partial charge in [0, 0.05) is 6.04 Å². The summed E-state index contributed by atoms with van der Waals surface area (Å²) in [6.45, 7) is 3.59. The van der Waals surface area contributed by atoms with Crippen molar-refractivity contribution in [2.45, 2.75) is 12.5 Å². The van der Waals surface area contributed by atoms with Gasteiger partial charge in [-0.25, -0.2) is 4.39 Å². The third-order valence-electron chi connectivity index (χ3n) is 1.72. The van der Waals surface area contributed by atoms with Crippen molar-refractivity contribution in [3.05, 3.63) is 48.3 Å². The highest BCUT2D eigenvalue weighted by Crippen LogP contribution is 2.14. The molecule has 1 aromatic rings. The van der Waals surface area contributed by atoms with Gasteiger partial charge < -0.3 is 5.73 Å². The molecule has 0 spiro atoms. The van der Waals surface area contributed by atoms with Crippen molar-refractivity contribution in [1.29, 1.82) is 0 Å². The largest absolute Gasteiger partial charge is 0.324 e. The van der Waals surface area contributed by atoms with E-state index in [0.29, 0.717) is 6.42 Å². The second-order valence-corrected chi connectivity index (χ2v) is 2.68. The molecule has 2 heteroatoms. The summed E-state index contributed by atoms with van der Waals surface area (Å²) >= 11 is 0. The molecule has 0 amide bonds. The Hall–Kier alpha value is -1.15. The summed E-state index contributed by atoms with van der Waals surface area (Å²) in [5.41, 5.74) is 6.70. The fourth-order valence-corrected chi connectivity index (χ4v) is 1.03. The van der Waals surface area contributed by atoms with Crippen molar-refractivity contribution in [3.8, 4) is 0 Å². The van der Waals surface area contributed by atoms with Gasteiger partial charge in [0.2, 0.25) is 0 Å². The number of benzene rings is 1. The molecular formula is C10H12FN. The molecule has 0 saturated carbocycles. The van der Waals surface area contributed by atoms with Gasteiger partial charge in [-0.3, -0.25) is 0 Å². The first kappa shape index (κ1) is 8.94. The minimum absolute atomic E-state index is 0.0666. The van der Waals surface area contributed by atoms with Crippen molar-refractivity contribution in [2.24, 2.45) is 5.73 Å². The summed E-state index contributed by atoms with van der Waals surface area (Å²) in [4.78, 5) is 0. The minimum atomic E-state index is -0.232. The quantitative estimate of drug-likeness (QED) is 0.684. The molecule has 1 nitrogen and oxygen atoms in total. The number of nitrogens with two attached hydrogens (primary N) is 1. The van der Waals surface area contributed by atoms with E-state index in [4.69, 9.17) is 5.73 Å². The first-order chi connectivity index (χ1) is 5.74. The molecule has 1 atom stereocenters. The highest BCUT2D eigenvalue weighted by Gasteiger charge is 2.02. The van der Waals surface area contributed by atoms with E-state index in [1.807, 2.05) is 0 Å². The van der Waals surface area contributed by atoms with Gasteiger partial charge in [-0.15, -0.1) is 6.58 Å². The summed E-state index contributed by atoms with van der Waals surface area (Å²) in [5, 5.41) is 0. The highest BCUT2D eigenvalue weighted by molar-refractivity contribution is 5.19. The molecule has 0 aromatic heterocycles. The first-order valence-electron chi connectivity index (χ1n) is 3.86. The Morgan fingerprint density at radius 2 is 2.00 bits per heavy atom. The van der Waals surface area contributed by atoms with Crippen molar-refractivity contribution in [2.75, 3.05) is 0 Å². The Bertz CT molecular complexity index is 253. The molecule has 0 saturated heterocycles. The van der Waals surface area contributed by atoms with Crippen LogP contribution in [0.25, 0.3) is 0 Å². The van der Waals surface area contributed by atoms with Crippen LogP contribution in [0.4, 0.5) is 4.39 Å². The Morgan fingerprint density at radius 3 is 2.50 bits per heavy atom. The van der Waals surface area contributed by atoms with Crippen LogP contribution in [-0.4, -0.2) is 0 Å². The minimum Gasteiger partial charge on any atom is -0.324 e. The predicted octanol–water partition coefficient (Wildman–Crippen LogP) is 2.40. The lowest BCUT2D eigenvalue weighted by atomic mass is 10.1. The van der Waals surface area contributed by atoms with Crippen LogP contribution in [0, 0.1) is 5.82 Å². The molecule has 64 valence electrons. The number of rotatable bonds is 3. The lowest BCUT2D eigenvalue weighted by molar-refractivity contribution is 0.625. The standard InChI is InChI=1S/C10H12FN/c1-2-3-10(12)8-4-6-9(11)7-5-8/h2,4-7,10H,1,3,12H2/t10-/m0/s1. The molecule has 12 heavy (non-hydrogen) atoms. The van der Waals surface area contributed by atoms with E-state index in [1.54, 1.807) is 18.2 Å². The van der Waals surface area contributed by atoms with Crippen molar-refractivity contribution < 1.29 is 4.39 Å². The molecule has 0 aliphatic rings. The van der Waals surface area contributed by atoms with Crippen LogP contribution in [0.15, 0.2) is 36.9 Å². The average molecular weight is 165 g/mol. The third-order valence-corrected chi connectivity index (χ3v) is 1.72. The van der Waals surface area contributed by atoms with Gasteiger partial charge in [-0.1, -0.05) is 18.2 Å². The molecule has 1 rings (SSSR count). The van der Waals surface area contributed by atoms with Crippen LogP contribution >= 0.6 is 0 Å². The Kier molecular flexibility index (Phi) is 3.00. The smallest absolute Gasteiger partial charge is 0.123 e. The van der Waals surface area contributed by atoms with Gasteiger partial charge in [0.05, 0.1) is 0 Å². The highest BCUT2D eigenvalue weighted by atomic mass is 19.1. The number of hydrogen-bond donors (Lipinski definition) is 1. The molecule has 0 fully saturated rings. The average Bonchev–Trinajstić information content (AvgIpc) is 2.06. The van der Waals surface area contributed by atoms with Crippen LogP contribution in [0.1, 0.15) is 18.0 Å². The molecule has 1 aromatic carbocycles. The number of halogens is 1. The van der Waals surface area contributed by atoms with Crippen LogP contribution < -0.4 is 5.73 Å². The van der Waals surface area contributed by atoms with Crippen molar-refractivity contribution in [3.63, 3.8) is 0 Å². The van der Waals surface area contributed by atoms with Crippen LogP contribution in [0.5, 0.6) is 0 Å². The van der Waals surface area contributed by atoms with Crippen molar-refractivity contribution >= 4 is 0 Å². The molecule has 0 bridgehead atoms. The molecule has 2 N–H and O–H groups in total. The topological polar surface area (TPSA) is 26.0 Å². The fourth-order valence-electron chi connectivity index (χ4n) is 1.03. The van der Waals surface area contributed by atoms with Gasteiger partial charge in [-0.2, -0.15) is 0 Å². The molecular weight excluding hydrogens is 153 g/mol. The van der Waals surface area contributed by atoms with Crippen LogP contribution in [0.2, 0.25) is 0 Å². The predicted molar refractivity (Wildman–Crippen MR) is 48.1 cm³/mol. The van der Waals surface area contributed by atoms with Gasteiger partial charge in [0.25, 0.3) is 0 Å². The molecule has 0 unspecified atom stereocenters. The normalized spacial score (nSPS) is 12.5. The Balaban J connectivity index is 2.74. The van der Waals surface area contributed by atoms with Crippen LogP contribution in [-0.2, 0) is 0 Å². The zero-order valence-corrected chi connectivity index (χ0v) is 6.83. The SMILES string of the molecule is C=CC[C@H](N)c1ccc(F)cc1. The van der Waals surface area contributed by atoms with E-state index in [9.17, 15) is 4.39 Å². The maximum atomic E-state index is 12.5. The summed E-state index contributed by atoms with van der Waals surface area (Å²) in [5.74, 6) is -0.232. The van der Waals surface area contributed by atoms with Crippen molar-refractivity contribution in [1.82, 2.24) is 0 Å². The van der Waals surface area contributed by atoms with E-state index in [2.05, 4.69) is 6.58 Å². The zero-order valence-electron chi connectivity index (χ0n) is 6.83. The van der Waals surface area contributed by atoms with Crippen LogP contribution in [0.3, 0.4) is 0 Å². The second-order valence-electron chi connectivity index (χ2n) is 2.68. The van der Waals surface area contributed by atoms with Gasteiger partial charge in [0.1, 0.15) is 5.82 Å². The number of hydrogen-bond acceptors (Lipinski definition) is 1. The maximum absolute atomic E-state index is 12.5. The zero-order chi connectivity index (χ0) is 8.97. The lowest BCUT2D eigenvalue weighted by Gasteiger charge is -2.08. The molecule has 0 aliphatic heterocycles. The Labute approximate surface area is 71.7 Å². The van der Waals surface area contributed by atoms with Gasteiger partial charge in [-0.05, 0) is 24.1 Å². The summed E-state index contributed by atoms with van der Waals surface area (Å²) in [6.07, 6.45) is 2.47. The summed E-state index contributed by atoms with van der Waals surface area (Å²) < 4.78 is 12.5. The fraction of sp³-hybridized carbons (Fsp3) is 0.200. The second kappa shape index (κ2) is 4.02.